The molecular formula is C31H42O9. The largest absolute Gasteiger partial charge is 0.431 e. The van der Waals surface area contributed by atoms with Gasteiger partial charge in [0.1, 0.15) is 12.2 Å². The number of allylic oxidation sites excluding steroid dienone is 1. The summed E-state index contributed by atoms with van der Waals surface area (Å²) in [4.78, 5) is 11.6. The highest BCUT2D eigenvalue weighted by Gasteiger charge is 2.68. The predicted molar refractivity (Wildman–Crippen MR) is 142 cm³/mol. The Labute approximate surface area is 234 Å². The number of rotatable bonds is 2. The lowest BCUT2D eigenvalue weighted by Gasteiger charge is -2.62. The Balaban J connectivity index is 1.21. The molecule has 2 aliphatic heterocycles. The van der Waals surface area contributed by atoms with Crippen LogP contribution in [0, 0.1) is 22.7 Å². The minimum atomic E-state index is -1.65. The summed E-state index contributed by atoms with van der Waals surface area (Å²) in [6, 6.07) is 3.34. The predicted octanol–water partition coefficient (Wildman–Crippen LogP) is 3.00. The molecule has 6 aliphatic rings. The van der Waals surface area contributed by atoms with Crippen molar-refractivity contribution >= 4 is 0 Å². The van der Waals surface area contributed by atoms with Crippen LogP contribution in [0.15, 0.2) is 39.3 Å². The van der Waals surface area contributed by atoms with Crippen LogP contribution in [-0.2, 0) is 18.9 Å². The van der Waals surface area contributed by atoms with Crippen LogP contribution in [0.25, 0.3) is 0 Å². The zero-order valence-corrected chi connectivity index (χ0v) is 23.7. The maximum Gasteiger partial charge on any atom is 0.335 e. The lowest BCUT2D eigenvalue weighted by atomic mass is 9.45. The second kappa shape index (κ2) is 8.96. The fourth-order valence-corrected chi connectivity index (χ4v) is 10.0. The fraction of sp³-hybridized carbons (Fsp3) is 0.774. The molecule has 13 atom stereocenters. The van der Waals surface area contributed by atoms with E-state index < -0.39 is 48.2 Å². The summed E-state index contributed by atoms with van der Waals surface area (Å²) >= 11 is 0. The number of methoxy groups -OCH3 is 1. The van der Waals surface area contributed by atoms with E-state index >= 15 is 0 Å². The molecule has 0 spiro atoms. The first-order valence-electron chi connectivity index (χ1n) is 14.9. The summed E-state index contributed by atoms with van der Waals surface area (Å²) in [5.41, 5.74) is 0.569. The molecule has 3 heterocycles. The Morgan fingerprint density at radius 1 is 1.02 bits per heavy atom. The van der Waals surface area contributed by atoms with Crippen molar-refractivity contribution in [2.45, 2.75) is 120 Å². The minimum Gasteiger partial charge on any atom is -0.431 e. The molecule has 1 aromatic rings. The highest BCUT2D eigenvalue weighted by molar-refractivity contribution is 5.32. The van der Waals surface area contributed by atoms with Crippen LogP contribution in [-0.4, -0.2) is 70.6 Å². The van der Waals surface area contributed by atoms with Crippen molar-refractivity contribution in [2.24, 2.45) is 22.7 Å². The van der Waals surface area contributed by atoms with E-state index in [4.69, 9.17) is 23.4 Å². The number of fused-ring (bicyclic) bond motifs is 8. The topological polar surface area (TPSA) is 128 Å². The maximum absolute atomic E-state index is 12.6. The second-order valence-corrected chi connectivity index (χ2v) is 13.7. The summed E-state index contributed by atoms with van der Waals surface area (Å²) in [6.45, 7) is 6.24. The quantitative estimate of drug-likeness (QED) is 0.470. The van der Waals surface area contributed by atoms with E-state index in [9.17, 15) is 20.1 Å². The van der Waals surface area contributed by atoms with Gasteiger partial charge in [0, 0.05) is 18.6 Å². The van der Waals surface area contributed by atoms with Gasteiger partial charge >= 0.3 is 5.63 Å². The zero-order chi connectivity index (χ0) is 28.2. The van der Waals surface area contributed by atoms with Gasteiger partial charge in [-0.3, -0.25) is 0 Å². The average Bonchev–Trinajstić information content (AvgIpc) is 3.17. The number of ether oxygens (including phenoxy) is 4. The third-order valence-corrected chi connectivity index (χ3v) is 12.2. The lowest BCUT2D eigenvalue weighted by Crippen LogP contribution is -2.67. The zero-order valence-electron chi connectivity index (χ0n) is 23.7. The summed E-state index contributed by atoms with van der Waals surface area (Å²) in [5.74, 6) is -1.15. The smallest absolute Gasteiger partial charge is 0.335 e. The third-order valence-electron chi connectivity index (χ3n) is 12.2. The van der Waals surface area contributed by atoms with Crippen LogP contribution < -0.4 is 5.63 Å². The van der Waals surface area contributed by atoms with Crippen molar-refractivity contribution < 1.29 is 38.7 Å². The first-order chi connectivity index (χ1) is 19.0. The van der Waals surface area contributed by atoms with Crippen molar-refractivity contribution in [3.8, 4) is 0 Å². The highest BCUT2D eigenvalue weighted by atomic mass is 16.8. The molecule has 7 rings (SSSR count). The molecule has 0 aromatic carbocycles. The molecule has 4 aliphatic carbocycles. The van der Waals surface area contributed by atoms with Crippen molar-refractivity contribution in [3.63, 3.8) is 0 Å². The Hall–Kier alpha value is -1.59. The van der Waals surface area contributed by atoms with E-state index in [-0.39, 0.29) is 34.2 Å². The molecule has 0 amide bonds. The average molecular weight is 559 g/mol. The lowest BCUT2D eigenvalue weighted by molar-refractivity contribution is -0.388. The van der Waals surface area contributed by atoms with Gasteiger partial charge in [0.25, 0.3) is 0 Å². The molecule has 40 heavy (non-hydrogen) atoms. The van der Waals surface area contributed by atoms with Gasteiger partial charge in [0.05, 0.1) is 24.1 Å². The summed E-state index contributed by atoms with van der Waals surface area (Å²) < 4.78 is 29.7. The van der Waals surface area contributed by atoms with Gasteiger partial charge < -0.3 is 38.7 Å². The van der Waals surface area contributed by atoms with E-state index in [1.807, 2.05) is 6.07 Å². The molecular weight excluding hydrogens is 516 g/mol. The Kier molecular flexibility index (Phi) is 6.10. The van der Waals surface area contributed by atoms with Gasteiger partial charge in [0.15, 0.2) is 12.4 Å². The minimum absolute atomic E-state index is 0.118. The van der Waals surface area contributed by atoms with Crippen LogP contribution >= 0.6 is 0 Å². The van der Waals surface area contributed by atoms with E-state index in [1.165, 1.54) is 18.7 Å². The van der Waals surface area contributed by atoms with Gasteiger partial charge in [-0.2, -0.15) is 0 Å². The van der Waals surface area contributed by atoms with E-state index in [0.29, 0.717) is 6.42 Å². The molecule has 220 valence electrons. The number of aliphatic hydroxyl groups is 3. The number of aliphatic hydroxyl groups excluding tert-OH is 2. The van der Waals surface area contributed by atoms with E-state index in [0.717, 1.165) is 44.1 Å². The summed E-state index contributed by atoms with van der Waals surface area (Å²) in [7, 11) is 1.44. The normalized spacial score (nSPS) is 53.4. The Morgan fingerprint density at radius 2 is 1.82 bits per heavy atom. The van der Waals surface area contributed by atoms with Crippen LogP contribution in [0.3, 0.4) is 0 Å². The molecule has 2 bridgehead atoms. The van der Waals surface area contributed by atoms with Gasteiger partial charge in [-0.1, -0.05) is 25.5 Å². The Bertz CT molecular complexity index is 1240. The molecule has 3 saturated carbocycles. The fourth-order valence-electron chi connectivity index (χ4n) is 10.0. The molecule has 9 nitrogen and oxygen atoms in total. The molecule has 9 heteroatoms. The number of hydrogen-bond donors (Lipinski definition) is 3. The first kappa shape index (κ1) is 27.3. The number of hydrogen-bond acceptors (Lipinski definition) is 9. The third kappa shape index (κ3) is 3.43. The van der Waals surface area contributed by atoms with Crippen molar-refractivity contribution in [1.82, 2.24) is 0 Å². The first-order valence-corrected chi connectivity index (χ1v) is 14.9. The summed E-state index contributed by atoms with van der Waals surface area (Å²) in [6.07, 6.45) is 4.55. The SMILES string of the molecule is COC12OC3CC4(C)C(=CC3OC(OC(C)C1O)C2O)CCC1C4CCC2(C)C(c3ccc(=O)oc3)CCC12O. The van der Waals surface area contributed by atoms with Crippen LogP contribution in [0.2, 0.25) is 0 Å². The van der Waals surface area contributed by atoms with E-state index in [1.54, 1.807) is 13.2 Å². The standard InChI is InChI=1S/C31H42O9/c1-16-25(33)31(36-4)26(34)27(38-16)39-22-13-18-6-7-21-20(28(18,2)14-23(22)40-31)9-11-29(3)19(10-12-30(21,29)35)17-5-8-24(32)37-15-17/h5,8,13,15-16,19-23,25-27,33-35H,6-7,9-12,14H2,1-4H3. The summed E-state index contributed by atoms with van der Waals surface area (Å²) in [5, 5.41) is 34.7. The van der Waals surface area contributed by atoms with Gasteiger partial charge in [-0.25, -0.2) is 4.79 Å². The van der Waals surface area contributed by atoms with Gasteiger partial charge in [-0.15, -0.1) is 0 Å². The van der Waals surface area contributed by atoms with E-state index in [2.05, 4.69) is 19.9 Å². The van der Waals surface area contributed by atoms with Crippen molar-refractivity contribution in [3.05, 3.63) is 46.0 Å². The molecule has 2 saturated heterocycles. The molecule has 13 unspecified atom stereocenters. The van der Waals surface area contributed by atoms with Crippen molar-refractivity contribution in [2.75, 3.05) is 7.11 Å². The maximum atomic E-state index is 12.6. The van der Waals surface area contributed by atoms with Gasteiger partial charge in [-0.05, 0) is 86.7 Å². The highest BCUT2D eigenvalue weighted by Crippen LogP contribution is 2.70. The van der Waals surface area contributed by atoms with Crippen LogP contribution in [0.1, 0.15) is 77.2 Å². The molecule has 3 N–H and O–H groups in total. The monoisotopic (exact) mass is 558 g/mol. The van der Waals surface area contributed by atoms with Crippen LogP contribution in [0.5, 0.6) is 0 Å². The van der Waals surface area contributed by atoms with Crippen LogP contribution in [0.4, 0.5) is 0 Å². The Morgan fingerprint density at radius 3 is 2.55 bits per heavy atom. The van der Waals surface area contributed by atoms with Gasteiger partial charge in [0.2, 0.25) is 5.79 Å². The molecule has 1 aromatic heterocycles. The second-order valence-electron chi connectivity index (χ2n) is 13.7. The van der Waals surface area contributed by atoms with Crippen molar-refractivity contribution in [1.29, 1.82) is 0 Å². The molecule has 0 radical (unpaired) electrons. The molecule has 5 fully saturated rings.